The van der Waals surface area contributed by atoms with Crippen molar-refractivity contribution < 1.29 is 5.11 Å². The van der Waals surface area contributed by atoms with Crippen molar-refractivity contribution in [3.63, 3.8) is 0 Å². The number of nitrogens with zero attached hydrogens (tertiary/aromatic N) is 2. The lowest BCUT2D eigenvalue weighted by Crippen LogP contribution is -2.15. The number of nitrogens with one attached hydrogen (secondary N) is 2. The van der Waals surface area contributed by atoms with Crippen LogP contribution < -0.4 is 10.6 Å². The second-order valence-electron chi connectivity index (χ2n) is 5.21. The van der Waals surface area contributed by atoms with E-state index >= 15 is 0 Å². The van der Waals surface area contributed by atoms with E-state index in [1.165, 1.54) is 12.8 Å². The van der Waals surface area contributed by atoms with Gasteiger partial charge in [0.25, 0.3) is 0 Å². The van der Waals surface area contributed by atoms with Gasteiger partial charge in [-0.05, 0) is 32.6 Å². The highest BCUT2D eigenvalue weighted by Crippen LogP contribution is 2.39. The Labute approximate surface area is 114 Å². The van der Waals surface area contributed by atoms with E-state index in [-0.39, 0.29) is 6.10 Å². The zero-order valence-electron chi connectivity index (χ0n) is 12.0. The summed E-state index contributed by atoms with van der Waals surface area (Å²) in [5.74, 6) is 3.27. The van der Waals surface area contributed by atoms with E-state index in [9.17, 15) is 5.11 Å². The third-order valence-corrected chi connectivity index (χ3v) is 3.58. The van der Waals surface area contributed by atoms with E-state index in [4.69, 9.17) is 0 Å². The van der Waals surface area contributed by atoms with Gasteiger partial charge in [-0.1, -0.05) is 6.92 Å². The smallest absolute Gasteiger partial charge is 0.136 e. The maximum Gasteiger partial charge on any atom is 0.136 e. The van der Waals surface area contributed by atoms with Crippen LogP contribution in [0.2, 0.25) is 0 Å². The molecule has 1 atom stereocenters. The lowest BCUT2D eigenvalue weighted by atomic mass is 10.2. The summed E-state index contributed by atoms with van der Waals surface area (Å²) in [6.45, 7) is 4.74. The Bertz CT molecular complexity index is 432. The third kappa shape index (κ3) is 3.56. The number of rotatable bonds is 7. The molecule has 0 saturated heterocycles. The topological polar surface area (TPSA) is 70.1 Å². The van der Waals surface area contributed by atoms with Crippen molar-refractivity contribution in [1.29, 1.82) is 0 Å². The SMILES string of the molecule is CCC(O)CCNc1nc(C2CC2)nc(NC)c1C. The van der Waals surface area contributed by atoms with E-state index in [0.29, 0.717) is 5.92 Å². The van der Waals surface area contributed by atoms with Crippen LogP contribution in [0.5, 0.6) is 0 Å². The number of anilines is 2. The molecule has 2 rings (SSSR count). The van der Waals surface area contributed by atoms with E-state index in [2.05, 4.69) is 20.6 Å². The monoisotopic (exact) mass is 264 g/mol. The first-order valence-electron chi connectivity index (χ1n) is 7.13. The zero-order chi connectivity index (χ0) is 13.8. The van der Waals surface area contributed by atoms with Crippen LogP contribution in [-0.4, -0.2) is 34.8 Å². The summed E-state index contributed by atoms with van der Waals surface area (Å²) in [6.07, 6.45) is 3.69. The molecule has 1 unspecified atom stereocenters. The van der Waals surface area contributed by atoms with Crippen molar-refractivity contribution in [2.45, 2.75) is 51.6 Å². The lowest BCUT2D eigenvalue weighted by molar-refractivity contribution is 0.164. The van der Waals surface area contributed by atoms with Crippen molar-refractivity contribution in [3.05, 3.63) is 11.4 Å². The first-order chi connectivity index (χ1) is 9.15. The second-order valence-corrected chi connectivity index (χ2v) is 5.21. The summed E-state index contributed by atoms with van der Waals surface area (Å²) in [6, 6.07) is 0. The van der Waals surface area contributed by atoms with Gasteiger partial charge in [0.15, 0.2) is 0 Å². The molecule has 5 nitrogen and oxygen atoms in total. The number of aliphatic hydroxyl groups excluding tert-OH is 1. The second kappa shape index (κ2) is 6.19. The molecule has 0 bridgehead atoms. The fourth-order valence-electron chi connectivity index (χ4n) is 2.03. The minimum absolute atomic E-state index is 0.235. The van der Waals surface area contributed by atoms with E-state index in [1.54, 1.807) is 0 Å². The van der Waals surface area contributed by atoms with Crippen LogP contribution in [0.1, 0.15) is 49.9 Å². The molecule has 5 heteroatoms. The summed E-state index contributed by atoms with van der Waals surface area (Å²) in [5, 5.41) is 16.0. The van der Waals surface area contributed by atoms with Crippen LogP contribution in [0.3, 0.4) is 0 Å². The van der Waals surface area contributed by atoms with Gasteiger partial charge >= 0.3 is 0 Å². The quantitative estimate of drug-likeness (QED) is 0.705. The van der Waals surface area contributed by atoms with Crippen LogP contribution in [0, 0.1) is 6.92 Å². The minimum atomic E-state index is -0.235. The maximum absolute atomic E-state index is 9.57. The molecule has 1 heterocycles. The number of hydrogen-bond acceptors (Lipinski definition) is 5. The molecule has 0 aromatic carbocycles. The lowest BCUT2D eigenvalue weighted by Gasteiger charge is -2.14. The first-order valence-corrected chi connectivity index (χ1v) is 7.13. The van der Waals surface area contributed by atoms with Gasteiger partial charge < -0.3 is 15.7 Å². The fraction of sp³-hybridized carbons (Fsp3) is 0.714. The molecule has 1 saturated carbocycles. The van der Waals surface area contributed by atoms with Gasteiger partial charge in [-0.2, -0.15) is 0 Å². The fourth-order valence-corrected chi connectivity index (χ4v) is 2.03. The summed E-state index contributed by atoms with van der Waals surface area (Å²) in [7, 11) is 1.89. The summed E-state index contributed by atoms with van der Waals surface area (Å²) in [4.78, 5) is 9.18. The number of aromatic nitrogens is 2. The molecule has 3 N–H and O–H groups in total. The minimum Gasteiger partial charge on any atom is -0.393 e. The van der Waals surface area contributed by atoms with Crippen molar-refractivity contribution >= 4 is 11.6 Å². The normalized spacial score (nSPS) is 16.2. The first kappa shape index (κ1) is 14.1. The largest absolute Gasteiger partial charge is 0.393 e. The predicted octanol–water partition coefficient (Wildman–Crippen LogP) is 2.28. The van der Waals surface area contributed by atoms with E-state index in [1.807, 2.05) is 20.9 Å². The third-order valence-electron chi connectivity index (χ3n) is 3.58. The van der Waals surface area contributed by atoms with Crippen molar-refractivity contribution in [3.8, 4) is 0 Å². The molecule has 0 amide bonds. The molecule has 1 fully saturated rings. The standard InChI is InChI=1S/C14H24N4O/c1-4-11(19)7-8-16-13-9(2)12(15-3)17-14(18-13)10-5-6-10/h10-11,19H,4-8H2,1-3H3,(H2,15,16,17,18). The Morgan fingerprint density at radius 2 is 2.00 bits per heavy atom. The zero-order valence-corrected chi connectivity index (χ0v) is 12.0. The molecule has 19 heavy (non-hydrogen) atoms. The predicted molar refractivity (Wildman–Crippen MR) is 77.7 cm³/mol. The number of hydrogen-bond donors (Lipinski definition) is 3. The summed E-state index contributed by atoms with van der Waals surface area (Å²) in [5.41, 5.74) is 1.04. The maximum atomic E-state index is 9.57. The highest BCUT2D eigenvalue weighted by molar-refractivity contribution is 5.57. The molecule has 1 aromatic rings. The Balaban J connectivity index is 2.07. The van der Waals surface area contributed by atoms with Crippen LogP contribution in [0.15, 0.2) is 0 Å². The van der Waals surface area contributed by atoms with Gasteiger partial charge in [-0.3, -0.25) is 0 Å². The molecular formula is C14H24N4O. The van der Waals surface area contributed by atoms with Gasteiger partial charge in [0.1, 0.15) is 17.5 Å². The number of aliphatic hydroxyl groups is 1. The van der Waals surface area contributed by atoms with E-state index < -0.39 is 0 Å². The van der Waals surface area contributed by atoms with Gasteiger partial charge in [0.2, 0.25) is 0 Å². The van der Waals surface area contributed by atoms with Crippen LogP contribution in [0.25, 0.3) is 0 Å². The van der Waals surface area contributed by atoms with Gasteiger partial charge in [0, 0.05) is 25.1 Å². The van der Waals surface area contributed by atoms with Gasteiger partial charge in [-0.25, -0.2) is 9.97 Å². The van der Waals surface area contributed by atoms with Crippen molar-refractivity contribution in [2.24, 2.45) is 0 Å². The average molecular weight is 264 g/mol. The Morgan fingerprint density at radius 3 is 2.58 bits per heavy atom. The average Bonchev–Trinajstić information content (AvgIpc) is 3.24. The van der Waals surface area contributed by atoms with Gasteiger partial charge in [0.05, 0.1) is 6.10 Å². The Kier molecular flexibility index (Phi) is 4.58. The van der Waals surface area contributed by atoms with Crippen LogP contribution in [0.4, 0.5) is 11.6 Å². The Morgan fingerprint density at radius 1 is 1.32 bits per heavy atom. The molecule has 0 spiro atoms. The van der Waals surface area contributed by atoms with Crippen molar-refractivity contribution in [2.75, 3.05) is 24.2 Å². The molecular weight excluding hydrogens is 240 g/mol. The highest BCUT2D eigenvalue weighted by Gasteiger charge is 2.28. The van der Waals surface area contributed by atoms with Gasteiger partial charge in [-0.15, -0.1) is 0 Å². The Hall–Kier alpha value is -1.36. The van der Waals surface area contributed by atoms with Crippen LogP contribution in [-0.2, 0) is 0 Å². The molecule has 1 aliphatic rings. The highest BCUT2D eigenvalue weighted by atomic mass is 16.3. The van der Waals surface area contributed by atoms with E-state index in [0.717, 1.165) is 42.4 Å². The van der Waals surface area contributed by atoms with Crippen molar-refractivity contribution in [1.82, 2.24) is 9.97 Å². The molecule has 0 radical (unpaired) electrons. The molecule has 0 aliphatic heterocycles. The summed E-state index contributed by atoms with van der Waals surface area (Å²) < 4.78 is 0. The summed E-state index contributed by atoms with van der Waals surface area (Å²) >= 11 is 0. The molecule has 1 aliphatic carbocycles. The molecule has 1 aromatic heterocycles. The van der Waals surface area contributed by atoms with Crippen LogP contribution >= 0.6 is 0 Å². The molecule has 106 valence electrons.